The third-order valence-electron chi connectivity index (χ3n) is 5.37. The number of allylic oxidation sites excluding steroid dienone is 1. The SMILES string of the molecule is O=C(Nc1ccc(O)cc1)C1=C[C@@H](c2coc3ccccc3c2=O)C[C@@H](OCCCCO)O1. The molecule has 172 valence electrons. The zero-order valence-electron chi connectivity index (χ0n) is 17.9. The molecule has 0 spiro atoms. The Balaban J connectivity index is 1.61. The van der Waals surface area contributed by atoms with Gasteiger partial charge in [0.2, 0.25) is 6.29 Å². The van der Waals surface area contributed by atoms with E-state index in [-0.39, 0.29) is 23.5 Å². The smallest absolute Gasteiger partial charge is 0.290 e. The molecule has 0 saturated carbocycles. The first kappa shape index (κ1) is 22.6. The number of amides is 1. The van der Waals surface area contributed by atoms with Crippen LogP contribution in [0, 0.1) is 0 Å². The largest absolute Gasteiger partial charge is 0.508 e. The number of aromatic hydroxyl groups is 1. The summed E-state index contributed by atoms with van der Waals surface area (Å²) in [7, 11) is 0. The van der Waals surface area contributed by atoms with E-state index in [4.69, 9.17) is 19.0 Å². The van der Waals surface area contributed by atoms with Crippen LogP contribution in [0.2, 0.25) is 0 Å². The highest BCUT2D eigenvalue weighted by Gasteiger charge is 2.30. The first-order valence-corrected chi connectivity index (χ1v) is 10.8. The van der Waals surface area contributed by atoms with Gasteiger partial charge in [-0.1, -0.05) is 12.1 Å². The van der Waals surface area contributed by atoms with E-state index in [0.717, 1.165) is 0 Å². The number of aliphatic hydroxyl groups is 1. The lowest BCUT2D eigenvalue weighted by Crippen LogP contribution is -2.31. The standard InChI is InChI=1S/C25H25NO7/c27-11-3-4-12-31-23-14-16(20-15-32-21-6-2-1-5-19(21)24(20)29)13-22(33-23)25(30)26-17-7-9-18(28)10-8-17/h1-2,5-10,13,15-16,23,27-28H,3-4,11-12,14H2,(H,26,30)/t16-,23+/m1/s1. The van der Waals surface area contributed by atoms with Crippen molar-refractivity contribution in [3.05, 3.63) is 82.4 Å². The average molecular weight is 451 g/mol. The lowest BCUT2D eigenvalue weighted by atomic mass is 9.93. The topological polar surface area (TPSA) is 118 Å². The summed E-state index contributed by atoms with van der Waals surface area (Å²) >= 11 is 0. The van der Waals surface area contributed by atoms with Crippen molar-refractivity contribution < 1.29 is 28.9 Å². The number of nitrogens with one attached hydrogen (secondary N) is 1. The number of para-hydroxylation sites is 1. The number of hydrogen-bond acceptors (Lipinski definition) is 7. The fourth-order valence-corrected chi connectivity index (χ4v) is 3.65. The van der Waals surface area contributed by atoms with Crippen LogP contribution in [-0.4, -0.2) is 35.6 Å². The maximum absolute atomic E-state index is 13.1. The third-order valence-corrected chi connectivity index (χ3v) is 5.37. The molecule has 2 atom stereocenters. The van der Waals surface area contributed by atoms with E-state index in [1.165, 1.54) is 18.4 Å². The third kappa shape index (κ3) is 5.42. The summed E-state index contributed by atoms with van der Waals surface area (Å²) in [5.74, 6) is -0.845. The van der Waals surface area contributed by atoms with Gasteiger partial charge >= 0.3 is 0 Å². The predicted octanol–water partition coefficient (Wildman–Crippen LogP) is 3.64. The molecular weight excluding hydrogens is 426 g/mol. The molecule has 2 heterocycles. The van der Waals surface area contributed by atoms with Crippen LogP contribution in [0.5, 0.6) is 5.75 Å². The number of carbonyl (C=O) groups excluding carboxylic acids is 1. The Labute approximate surface area is 190 Å². The highest BCUT2D eigenvalue weighted by molar-refractivity contribution is 6.02. The van der Waals surface area contributed by atoms with Gasteiger partial charge < -0.3 is 29.4 Å². The molecule has 0 unspecified atom stereocenters. The molecule has 3 N–H and O–H groups in total. The van der Waals surface area contributed by atoms with Crippen LogP contribution >= 0.6 is 0 Å². The summed E-state index contributed by atoms with van der Waals surface area (Å²) < 4.78 is 17.2. The first-order chi connectivity index (χ1) is 16.0. The van der Waals surface area contributed by atoms with Crippen molar-refractivity contribution in [1.82, 2.24) is 0 Å². The van der Waals surface area contributed by atoms with Gasteiger partial charge in [-0.15, -0.1) is 0 Å². The predicted molar refractivity (Wildman–Crippen MR) is 122 cm³/mol. The number of benzene rings is 2. The number of anilines is 1. The van der Waals surface area contributed by atoms with Gasteiger partial charge in [-0.05, 0) is 55.3 Å². The van der Waals surface area contributed by atoms with E-state index >= 15 is 0 Å². The minimum absolute atomic E-state index is 0.0269. The summed E-state index contributed by atoms with van der Waals surface area (Å²) in [5, 5.41) is 21.6. The van der Waals surface area contributed by atoms with Crippen LogP contribution in [-0.2, 0) is 14.3 Å². The number of unbranched alkanes of at least 4 members (excludes halogenated alkanes) is 1. The van der Waals surface area contributed by atoms with Gasteiger partial charge in [0.1, 0.15) is 11.3 Å². The van der Waals surface area contributed by atoms with E-state index in [9.17, 15) is 14.7 Å². The van der Waals surface area contributed by atoms with Crippen molar-refractivity contribution in [3.8, 4) is 5.75 Å². The lowest BCUT2D eigenvalue weighted by molar-refractivity contribution is -0.143. The van der Waals surface area contributed by atoms with E-state index in [1.807, 2.05) is 0 Å². The van der Waals surface area contributed by atoms with Gasteiger partial charge in [-0.25, -0.2) is 0 Å². The number of carbonyl (C=O) groups is 1. The summed E-state index contributed by atoms with van der Waals surface area (Å²) in [6.45, 7) is 0.410. The minimum Gasteiger partial charge on any atom is -0.508 e. The van der Waals surface area contributed by atoms with Crippen LogP contribution in [0.25, 0.3) is 11.0 Å². The van der Waals surface area contributed by atoms with Crippen LogP contribution in [0.15, 0.2) is 75.8 Å². The van der Waals surface area contributed by atoms with Gasteiger partial charge in [-0.3, -0.25) is 9.59 Å². The van der Waals surface area contributed by atoms with Gasteiger partial charge in [0.15, 0.2) is 11.2 Å². The van der Waals surface area contributed by atoms with E-state index in [0.29, 0.717) is 48.1 Å². The van der Waals surface area contributed by atoms with Crippen molar-refractivity contribution in [2.45, 2.75) is 31.5 Å². The Bertz CT molecular complexity index is 1200. The fourth-order valence-electron chi connectivity index (χ4n) is 3.65. The maximum atomic E-state index is 13.1. The maximum Gasteiger partial charge on any atom is 0.290 e. The Morgan fingerprint density at radius 2 is 1.91 bits per heavy atom. The van der Waals surface area contributed by atoms with Crippen molar-refractivity contribution in [1.29, 1.82) is 0 Å². The fraction of sp³-hybridized carbons (Fsp3) is 0.280. The molecule has 1 aromatic heterocycles. The summed E-state index contributed by atoms with van der Waals surface area (Å²) in [6, 6.07) is 13.0. The molecule has 0 aliphatic carbocycles. The molecule has 8 nitrogen and oxygen atoms in total. The van der Waals surface area contributed by atoms with Gasteiger partial charge in [-0.2, -0.15) is 0 Å². The molecule has 1 aliphatic heterocycles. The quantitative estimate of drug-likeness (QED) is 0.353. The second kappa shape index (κ2) is 10.3. The van der Waals surface area contributed by atoms with Gasteiger partial charge in [0.25, 0.3) is 5.91 Å². The van der Waals surface area contributed by atoms with Crippen molar-refractivity contribution in [3.63, 3.8) is 0 Å². The highest BCUT2D eigenvalue weighted by atomic mass is 16.7. The molecule has 33 heavy (non-hydrogen) atoms. The van der Waals surface area contributed by atoms with Crippen LogP contribution in [0.3, 0.4) is 0 Å². The first-order valence-electron chi connectivity index (χ1n) is 10.8. The number of rotatable bonds is 8. The molecule has 0 radical (unpaired) electrons. The summed E-state index contributed by atoms with van der Waals surface area (Å²) in [5.41, 5.74) is 1.22. The Hall–Kier alpha value is -3.62. The molecule has 4 rings (SSSR count). The number of ether oxygens (including phenoxy) is 2. The zero-order chi connectivity index (χ0) is 23.2. The second-order valence-electron chi connectivity index (χ2n) is 7.74. The normalized spacial score (nSPS) is 17.9. The number of aliphatic hydroxyl groups excluding tert-OH is 1. The van der Waals surface area contributed by atoms with Crippen molar-refractivity contribution in [2.75, 3.05) is 18.5 Å². The molecule has 0 fully saturated rings. The number of fused-ring (bicyclic) bond motifs is 1. The van der Waals surface area contributed by atoms with Crippen LogP contribution < -0.4 is 10.7 Å². The molecule has 1 amide bonds. The number of phenolic OH excluding ortho intramolecular Hbond substituents is 1. The number of phenols is 1. The molecule has 0 bridgehead atoms. The Morgan fingerprint density at radius 1 is 1.12 bits per heavy atom. The Morgan fingerprint density at radius 3 is 2.70 bits per heavy atom. The van der Waals surface area contributed by atoms with E-state index < -0.39 is 18.1 Å². The van der Waals surface area contributed by atoms with Crippen LogP contribution in [0.1, 0.15) is 30.7 Å². The average Bonchev–Trinajstić information content (AvgIpc) is 2.83. The molecule has 1 aliphatic rings. The van der Waals surface area contributed by atoms with E-state index in [2.05, 4.69) is 5.32 Å². The molecule has 2 aromatic carbocycles. The molecule has 3 aromatic rings. The van der Waals surface area contributed by atoms with Crippen molar-refractivity contribution >= 4 is 22.6 Å². The number of hydrogen-bond donors (Lipinski definition) is 3. The zero-order valence-corrected chi connectivity index (χ0v) is 17.9. The van der Waals surface area contributed by atoms with Crippen molar-refractivity contribution in [2.24, 2.45) is 0 Å². The lowest BCUT2D eigenvalue weighted by Gasteiger charge is -2.29. The van der Waals surface area contributed by atoms with E-state index in [1.54, 1.807) is 42.5 Å². The minimum atomic E-state index is -0.745. The summed E-state index contributed by atoms with van der Waals surface area (Å²) in [6.07, 6.45) is 3.84. The van der Waals surface area contributed by atoms with Gasteiger partial charge in [0, 0.05) is 30.2 Å². The highest BCUT2D eigenvalue weighted by Crippen LogP contribution is 2.31. The summed E-state index contributed by atoms with van der Waals surface area (Å²) in [4.78, 5) is 26.0. The monoisotopic (exact) mass is 451 g/mol. The second-order valence-corrected chi connectivity index (χ2v) is 7.74. The Kier molecular flexibility index (Phi) is 7.07. The van der Waals surface area contributed by atoms with Gasteiger partial charge in [0.05, 0.1) is 18.3 Å². The van der Waals surface area contributed by atoms with Crippen LogP contribution in [0.4, 0.5) is 5.69 Å². The molecular formula is C25H25NO7. The molecule has 0 saturated heterocycles. The molecule has 8 heteroatoms.